The molecule has 0 atom stereocenters. The number of methoxy groups -OCH3 is 2. The van der Waals surface area contributed by atoms with Gasteiger partial charge in [0.1, 0.15) is 0 Å². The van der Waals surface area contributed by atoms with Gasteiger partial charge in [-0.05, 0) is 67.3 Å². The molecular weight excluding hydrogens is 440 g/mol. The fourth-order valence-corrected chi connectivity index (χ4v) is 3.42. The molecule has 0 fully saturated rings. The van der Waals surface area contributed by atoms with Crippen molar-refractivity contribution in [2.24, 2.45) is 0 Å². The van der Waals surface area contributed by atoms with Crippen LogP contribution in [0.15, 0.2) is 45.3 Å². The van der Waals surface area contributed by atoms with Crippen molar-refractivity contribution in [2.75, 3.05) is 21.0 Å². The smallest absolute Gasteiger partial charge is 0.337 e. The van der Waals surface area contributed by atoms with Crippen molar-refractivity contribution in [1.82, 2.24) is 0 Å². The van der Waals surface area contributed by atoms with Gasteiger partial charge < -0.3 is 14.2 Å². The van der Waals surface area contributed by atoms with Gasteiger partial charge in [-0.3, -0.25) is 0 Å². The van der Waals surface area contributed by atoms with E-state index in [2.05, 4.69) is 36.6 Å². The maximum absolute atomic E-state index is 11.4. The highest BCUT2D eigenvalue weighted by molar-refractivity contribution is 9.11. The molecule has 0 N–H and O–H groups in total. The van der Waals surface area contributed by atoms with Crippen LogP contribution in [0.3, 0.4) is 0 Å². The lowest BCUT2D eigenvalue weighted by Gasteiger charge is -2.10. The van der Waals surface area contributed by atoms with E-state index >= 15 is 0 Å². The summed E-state index contributed by atoms with van der Waals surface area (Å²) in [6.07, 6.45) is 3.94. The van der Waals surface area contributed by atoms with Crippen molar-refractivity contribution < 1.29 is 19.0 Å². The molecule has 0 bridgehead atoms. The third-order valence-electron chi connectivity index (χ3n) is 3.14. The maximum atomic E-state index is 11.4. The first-order valence-electron chi connectivity index (χ1n) is 7.02. The van der Waals surface area contributed by atoms with E-state index < -0.39 is 0 Å². The first-order valence-corrected chi connectivity index (χ1v) is 8.61. The third-order valence-corrected chi connectivity index (χ3v) is 4.32. The zero-order valence-corrected chi connectivity index (χ0v) is 16.4. The molecule has 2 rings (SSSR count). The summed E-state index contributed by atoms with van der Waals surface area (Å²) < 4.78 is 16.8. The van der Waals surface area contributed by atoms with Crippen molar-refractivity contribution in [3.63, 3.8) is 0 Å². The molecular formula is C18H16Br2O4. The molecule has 2 aromatic carbocycles. The summed E-state index contributed by atoms with van der Waals surface area (Å²) in [5.41, 5.74) is 2.50. The molecule has 24 heavy (non-hydrogen) atoms. The second kappa shape index (κ2) is 9.01. The Bertz CT molecular complexity index is 716. The lowest BCUT2D eigenvalue weighted by Crippen LogP contribution is -2.00. The van der Waals surface area contributed by atoms with E-state index in [9.17, 15) is 4.79 Å². The highest BCUT2D eigenvalue weighted by atomic mass is 79.9. The lowest BCUT2D eigenvalue weighted by atomic mass is 10.1. The molecule has 4 nitrogen and oxygen atoms in total. The number of rotatable bonds is 6. The van der Waals surface area contributed by atoms with Gasteiger partial charge in [0.25, 0.3) is 0 Å². The number of halogens is 2. The van der Waals surface area contributed by atoms with Gasteiger partial charge in [0.05, 0.1) is 21.6 Å². The summed E-state index contributed by atoms with van der Waals surface area (Å²) >= 11 is 6.98. The van der Waals surface area contributed by atoms with Gasteiger partial charge in [0.2, 0.25) is 0 Å². The summed E-state index contributed by atoms with van der Waals surface area (Å²) in [6.45, 7) is 0.179. The Morgan fingerprint density at radius 1 is 1.00 bits per heavy atom. The highest BCUT2D eigenvalue weighted by Crippen LogP contribution is 2.35. The SMILES string of the molecule is COCOc1c(Br)cc(C=Cc2ccc(C(=O)OC)cc2)cc1Br. The minimum absolute atomic E-state index is 0.179. The third kappa shape index (κ3) is 4.93. The minimum atomic E-state index is -0.343. The Morgan fingerprint density at radius 2 is 1.58 bits per heavy atom. The molecule has 0 aliphatic heterocycles. The largest absolute Gasteiger partial charge is 0.465 e. The molecule has 0 aliphatic rings. The van der Waals surface area contributed by atoms with Crippen LogP contribution in [-0.4, -0.2) is 27.0 Å². The zero-order valence-electron chi connectivity index (χ0n) is 13.2. The Labute approximate surface area is 157 Å². The Hall–Kier alpha value is -1.63. The van der Waals surface area contributed by atoms with Crippen LogP contribution in [0.2, 0.25) is 0 Å². The van der Waals surface area contributed by atoms with Crippen LogP contribution < -0.4 is 4.74 Å². The van der Waals surface area contributed by atoms with Crippen LogP contribution >= 0.6 is 31.9 Å². The van der Waals surface area contributed by atoms with Gasteiger partial charge in [0.15, 0.2) is 12.5 Å². The normalized spacial score (nSPS) is 10.8. The van der Waals surface area contributed by atoms with Gasteiger partial charge in [-0.1, -0.05) is 24.3 Å². The van der Waals surface area contributed by atoms with E-state index in [0.717, 1.165) is 20.1 Å². The predicted molar refractivity (Wildman–Crippen MR) is 101 cm³/mol. The number of hydrogen-bond donors (Lipinski definition) is 0. The Kier molecular flexibility index (Phi) is 7.02. The first kappa shape index (κ1) is 18.7. The summed E-state index contributed by atoms with van der Waals surface area (Å²) in [5, 5.41) is 0. The maximum Gasteiger partial charge on any atom is 0.337 e. The van der Waals surface area contributed by atoms with Crippen molar-refractivity contribution in [1.29, 1.82) is 0 Å². The van der Waals surface area contributed by atoms with E-state index in [1.165, 1.54) is 7.11 Å². The molecule has 0 aromatic heterocycles. The topological polar surface area (TPSA) is 44.8 Å². The summed E-state index contributed by atoms with van der Waals surface area (Å²) in [6, 6.07) is 11.1. The van der Waals surface area contributed by atoms with Crippen molar-refractivity contribution in [3.05, 3.63) is 62.0 Å². The lowest BCUT2D eigenvalue weighted by molar-refractivity contribution is 0.0500. The van der Waals surface area contributed by atoms with Crippen LogP contribution in [0.25, 0.3) is 12.2 Å². The van der Waals surface area contributed by atoms with Crippen LogP contribution in [0.1, 0.15) is 21.5 Å². The molecule has 0 aliphatic carbocycles. The van der Waals surface area contributed by atoms with Gasteiger partial charge in [-0.2, -0.15) is 0 Å². The Morgan fingerprint density at radius 3 is 2.12 bits per heavy atom. The molecule has 6 heteroatoms. The second-order valence-corrected chi connectivity index (χ2v) is 6.52. The first-order chi connectivity index (χ1) is 11.5. The second-order valence-electron chi connectivity index (χ2n) is 4.81. The summed E-state index contributed by atoms with van der Waals surface area (Å²) in [7, 11) is 2.94. The number of esters is 1. The van der Waals surface area contributed by atoms with Gasteiger partial charge in [-0.25, -0.2) is 4.79 Å². The van der Waals surface area contributed by atoms with Crippen LogP contribution in [-0.2, 0) is 9.47 Å². The predicted octanol–water partition coefficient (Wildman–Crippen LogP) is 5.15. The average Bonchev–Trinajstić information content (AvgIpc) is 2.59. The number of carbonyl (C=O) groups excluding carboxylic acids is 1. The van der Waals surface area contributed by atoms with E-state index in [-0.39, 0.29) is 12.8 Å². The van der Waals surface area contributed by atoms with Crippen molar-refractivity contribution >= 4 is 50.0 Å². The number of ether oxygens (including phenoxy) is 3. The van der Waals surface area contributed by atoms with Gasteiger partial charge in [0, 0.05) is 7.11 Å². The fraction of sp³-hybridized carbons (Fsp3) is 0.167. The summed E-state index contributed by atoms with van der Waals surface area (Å²) in [4.78, 5) is 11.4. The summed E-state index contributed by atoms with van der Waals surface area (Å²) in [5.74, 6) is 0.349. The van der Waals surface area contributed by atoms with E-state index in [0.29, 0.717) is 11.3 Å². The van der Waals surface area contributed by atoms with E-state index in [1.54, 1.807) is 19.2 Å². The zero-order chi connectivity index (χ0) is 17.5. The molecule has 0 heterocycles. The quantitative estimate of drug-likeness (QED) is 0.343. The number of carbonyl (C=O) groups is 1. The highest BCUT2D eigenvalue weighted by Gasteiger charge is 2.08. The minimum Gasteiger partial charge on any atom is -0.465 e. The molecule has 0 unspecified atom stereocenters. The monoisotopic (exact) mass is 454 g/mol. The molecule has 2 aromatic rings. The average molecular weight is 456 g/mol. The van der Waals surface area contributed by atoms with Gasteiger partial charge >= 0.3 is 5.97 Å². The van der Waals surface area contributed by atoms with E-state index in [1.807, 2.05) is 36.4 Å². The molecule has 0 spiro atoms. The van der Waals surface area contributed by atoms with Gasteiger partial charge in [-0.15, -0.1) is 0 Å². The molecule has 126 valence electrons. The number of benzene rings is 2. The molecule has 0 saturated heterocycles. The van der Waals surface area contributed by atoms with E-state index in [4.69, 9.17) is 9.47 Å². The van der Waals surface area contributed by atoms with Crippen LogP contribution in [0, 0.1) is 0 Å². The van der Waals surface area contributed by atoms with Crippen LogP contribution in [0.5, 0.6) is 5.75 Å². The molecule has 0 radical (unpaired) electrons. The number of hydrogen-bond acceptors (Lipinski definition) is 4. The van der Waals surface area contributed by atoms with Crippen molar-refractivity contribution in [3.8, 4) is 5.75 Å². The standard InChI is InChI=1S/C18H16Br2O4/c1-22-11-24-17-15(19)9-13(10-16(17)20)4-3-12-5-7-14(8-6-12)18(21)23-2/h3-10H,11H2,1-2H3. The molecule has 0 saturated carbocycles. The van der Waals surface area contributed by atoms with Crippen LogP contribution in [0.4, 0.5) is 0 Å². The fourth-order valence-electron chi connectivity index (χ4n) is 1.97. The Balaban J connectivity index is 2.15. The van der Waals surface area contributed by atoms with Crippen molar-refractivity contribution in [2.45, 2.75) is 0 Å². The molecule has 0 amide bonds.